The van der Waals surface area contributed by atoms with Crippen molar-refractivity contribution in [3.63, 3.8) is 0 Å². The molecule has 14 heavy (non-hydrogen) atoms. The van der Waals surface area contributed by atoms with E-state index in [1.165, 1.54) is 0 Å². The van der Waals surface area contributed by atoms with Crippen molar-refractivity contribution in [3.05, 3.63) is 0 Å². The summed E-state index contributed by atoms with van der Waals surface area (Å²) >= 11 is 0. The van der Waals surface area contributed by atoms with E-state index in [1.807, 2.05) is 0 Å². The van der Waals surface area contributed by atoms with E-state index in [2.05, 4.69) is 12.2 Å². The van der Waals surface area contributed by atoms with Crippen LogP contribution in [0.2, 0.25) is 0 Å². The van der Waals surface area contributed by atoms with Gasteiger partial charge < -0.3 is 16.8 Å². The molecule has 0 bridgehead atoms. The maximum Gasteiger partial charge on any atom is 0.237 e. The van der Waals surface area contributed by atoms with E-state index in [-0.39, 0.29) is 18.4 Å². The van der Waals surface area contributed by atoms with Gasteiger partial charge in [0.05, 0.1) is 12.5 Å². The Morgan fingerprint density at radius 2 is 2.21 bits per heavy atom. The van der Waals surface area contributed by atoms with Crippen LogP contribution in [0, 0.1) is 5.92 Å². The van der Waals surface area contributed by atoms with Gasteiger partial charge in [0.2, 0.25) is 11.8 Å². The topological polar surface area (TPSA) is 98.2 Å². The quantitative estimate of drug-likeness (QED) is 0.535. The van der Waals surface area contributed by atoms with Gasteiger partial charge in [-0.3, -0.25) is 9.59 Å². The smallest absolute Gasteiger partial charge is 0.237 e. The highest BCUT2D eigenvalue weighted by Crippen LogP contribution is 2.32. The number of nitrogens with one attached hydrogen (secondary N) is 1. The van der Waals surface area contributed by atoms with E-state index in [0.29, 0.717) is 5.92 Å². The summed E-state index contributed by atoms with van der Waals surface area (Å²) in [6.07, 6.45) is 2.00. The SMILES string of the molecule is CCC1CC1NC(=O)C(N)CC(N)=O. The summed E-state index contributed by atoms with van der Waals surface area (Å²) < 4.78 is 0. The van der Waals surface area contributed by atoms with Crippen LogP contribution in [-0.2, 0) is 9.59 Å². The van der Waals surface area contributed by atoms with Gasteiger partial charge in [0.1, 0.15) is 0 Å². The predicted molar refractivity (Wildman–Crippen MR) is 52.1 cm³/mol. The summed E-state index contributed by atoms with van der Waals surface area (Å²) in [6.45, 7) is 2.08. The maximum absolute atomic E-state index is 11.3. The lowest BCUT2D eigenvalue weighted by Gasteiger charge is -2.09. The second-order valence-corrected chi connectivity index (χ2v) is 3.80. The Morgan fingerprint density at radius 1 is 1.57 bits per heavy atom. The van der Waals surface area contributed by atoms with Crippen molar-refractivity contribution in [2.24, 2.45) is 17.4 Å². The summed E-state index contributed by atoms with van der Waals surface area (Å²) in [7, 11) is 0. The number of primary amides is 1. The minimum absolute atomic E-state index is 0.0880. The molecular formula is C9H17N3O2. The van der Waals surface area contributed by atoms with Crippen molar-refractivity contribution in [2.75, 3.05) is 0 Å². The lowest BCUT2D eigenvalue weighted by atomic mass is 10.2. The molecule has 3 atom stereocenters. The van der Waals surface area contributed by atoms with Crippen LogP contribution in [0.5, 0.6) is 0 Å². The van der Waals surface area contributed by atoms with Gasteiger partial charge >= 0.3 is 0 Å². The fourth-order valence-corrected chi connectivity index (χ4v) is 1.47. The van der Waals surface area contributed by atoms with Crippen molar-refractivity contribution in [1.82, 2.24) is 5.32 Å². The van der Waals surface area contributed by atoms with E-state index in [0.717, 1.165) is 12.8 Å². The lowest BCUT2D eigenvalue weighted by molar-refractivity contribution is -0.126. The Kier molecular flexibility index (Phi) is 3.46. The highest BCUT2D eigenvalue weighted by atomic mass is 16.2. The molecule has 80 valence electrons. The normalized spacial score (nSPS) is 26.7. The number of nitrogens with two attached hydrogens (primary N) is 2. The summed E-state index contributed by atoms with van der Waals surface area (Å²) in [5.74, 6) is -0.236. The zero-order valence-corrected chi connectivity index (χ0v) is 8.32. The number of carbonyl (C=O) groups excluding carboxylic acids is 2. The zero-order chi connectivity index (χ0) is 10.7. The molecule has 0 aliphatic heterocycles. The lowest BCUT2D eigenvalue weighted by Crippen LogP contribution is -2.44. The van der Waals surface area contributed by atoms with Crippen molar-refractivity contribution >= 4 is 11.8 Å². The number of amides is 2. The number of carbonyl (C=O) groups is 2. The molecule has 1 aliphatic rings. The zero-order valence-electron chi connectivity index (χ0n) is 8.32. The van der Waals surface area contributed by atoms with Crippen LogP contribution in [0.15, 0.2) is 0 Å². The van der Waals surface area contributed by atoms with Crippen molar-refractivity contribution in [3.8, 4) is 0 Å². The molecule has 0 aromatic heterocycles. The van der Waals surface area contributed by atoms with Crippen LogP contribution in [0.4, 0.5) is 0 Å². The first-order valence-corrected chi connectivity index (χ1v) is 4.88. The van der Waals surface area contributed by atoms with Crippen LogP contribution in [0.25, 0.3) is 0 Å². The molecule has 0 aromatic rings. The van der Waals surface area contributed by atoms with Crippen LogP contribution >= 0.6 is 0 Å². The average molecular weight is 199 g/mol. The first-order valence-electron chi connectivity index (χ1n) is 4.88. The van der Waals surface area contributed by atoms with Gasteiger partial charge in [0, 0.05) is 6.04 Å². The van der Waals surface area contributed by atoms with Gasteiger partial charge in [-0.2, -0.15) is 0 Å². The first-order chi connectivity index (χ1) is 6.54. The number of rotatable bonds is 5. The molecule has 5 N–H and O–H groups in total. The van der Waals surface area contributed by atoms with Gasteiger partial charge in [0.15, 0.2) is 0 Å². The highest BCUT2D eigenvalue weighted by molar-refractivity contribution is 5.87. The number of hydrogen-bond donors (Lipinski definition) is 3. The molecule has 0 saturated heterocycles. The van der Waals surface area contributed by atoms with E-state index < -0.39 is 11.9 Å². The molecule has 3 unspecified atom stereocenters. The van der Waals surface area contributed by atoms with Crippen molar-refractivity contribution in [2.45, 2.75) is 38.3 Å². The van der Waals surface area contributed by atoms with Gasteiger partial charge in [-0.05, 0) is 12.3 Å². The molecule has 1 fully saturated rings. The minimum atomic E-state index is -0.800. The fourth-order valence-electron chi connectivity index (χ4n) is 1.47. The Balaban J connectivity index is 2.25. The highest BCUT2D eigenvalue weighted by Gasteiger charge is 2.37. The molecule has 0 spiro atoms. The van der Waals surface area contributed by atoms with Crippen LogP contribution in [0.3, 0.4) is 0 Å². The molecule has 0 aromatic carbocycles. The summed E-state index contributed by atoms with van der Waals surface area (Å²) in [6, 6.07) is -0.544. The predicted octanol–water partition coefficient (Wildman–Crippen LogP) is -0.896. The van der Waals surface area contributed by atoms with Crippen LogP contribution in [0.1, 0.15) is 26.2 Å². The Bertz CT molecular complexity index is 242. The average Bonchev–Trinajstić information content (AvgIpc) is 2.82. The van der Waals surface area contributed by atoms with Gasteiger partial charge in [0.25, 0.3) is 0 Å². The Morgan fingerprint density at radius 3 is 2.64 bits per heavy atom. The minimum Gasteiger partial charge on any atom is -0.370 e. The molecule has 1 saturated carbocycles. The Labute approximate surface area is 83.2 Å². The molecule has 2 amide bonds. The number of hydrogen-bond acceptors (Lipinski definition) is 3. The van der Waals surface area contributed by atoms with Crippen molar-refractivity contribution in [1.29, 1.82) is 0 Å². The fraction of sp³-hybridized carbons (Fsp3) is 0.778. The van der Waals surface area contributed by atoms with E-state index >= 15 is 0 Å². The van der Waals surface area contributed by atoms with Crippen LogP contribution < -0.4 is 16.8 Å². The summed E-state index contributed by atoms with van der Waals surface area (Å²) in [5, 5.41) is 2.79. The first kappa shape index (κ1) is 11.0. The van der Waals surface area contributed by atoms with E-state index in [4.69, 9.17) is 11.5 Å². The molecule has 5 nitrogen and oxygen atoms in total. The summed E-state index contributed by atoms with van der Waals surface area (Å²) in [5.41, 5.74) is 10.4. The summed E-state index contributed by atoms with van der Waals surface area (Å²) in [4.78, 5) is 21.8. The Hall–Kier alpha value is -1.10. The molecule has 0 radical (unpaired) electrons. The second-order valence-electron chi connectivity index (χ2n) is 3.80. The standard InChI is InChI=1S/C9H17N3O2/c1-2-5-3-7(5)12-9(14)6(10)4-8(11)13/h5-7H,2-4,10H2,1H3,(H2,11,13)(H,12,14). The van der Waals surface area contributed by atoms with Gasteiger partial charge in [-0.25, -0.2) is 0 Å². The molecule has 1 rings (SSSR count). The molecular weight excluding hydrogens is 182 g/mol. The third-order valence-corrected chi connectivity index (χ3v) is 2.53. The monoisotopic (exact) mass is 199 g/mol. The third-order valence-electron chi connectivity index (χ3n) is 2.53. The largest absolute Gasteiger partial charge is 0.370 e. The van der Waals surface area contributed by atoms with Gasteiger partial charge in [-0.1, -0.05) is 13.3 Å². The maximum atomic E-state index is 11.3. The molecule has 5 heteroatoms. The van der Waals surface area contributed by atoms with Crippen LogP contribution in [-0.4, -0.2) is 23.9 Å². The van der Waals surface area contributed by atoms with E-state index in [1.54, 1.807) is 0 Å². The second kappa shape index (κ2) is 4.41. The van der Waals surface area contributed by atoms with Gasteiger partial charge in [-0.15, -0.1) is 0 Å². The third kappa shape index (κ3) is 2.99. The van der Waals surface area contributed by atoms with E-state index in [9.17, 15) is 9.59 Å². The molecule has 0 heterocycles. The van der Waals surface area contributed by atoms with Crippen molar-refractivity contribution < 1.29 is 9.59 Å². The molecule has 1 aliphatic carbocycles.